The third kappa shape index (κ3) is 3.76. The van der Waals surface area contributed by atoms with Gasteiger partial charge in [-0.25, -0.2) is 9.67 Å². The lowest BCUT2D eigenvalue weighted by atomic mass is 10.1. The van der Waals surface area contributed by atoms with Gasteiger partial charge in [-0.1, -0.05) is 13.8 Å². The quantitative estimate of drug-likeness (QED) is 0.814. The van der Waals surface area contributed by atoms with E-state index < -0.39 is 0 Å². The number of nitrogens with one attached hydrogen (secondary N) is 1. The molecule has 1 aromatic heterocycles. The van der Waals surface area contributed by atoms with Crippen LogP contribution in [0.5, 0.6) is 0 Å². The summed E-state index contributed by atoms with van der Waals surface area (Å²) in [7, 11) is 0. The molecule has 0 saturated carbocycles. The van der Waals surface area contributed by atoms with Crippen molar-refractivity contribution in [1.82, 2.24) is 20.1 Å². The van der Waals surface area contributed by atoms with Gasteiger partial charge < -0.3 is 10.1 Å². The molecule has 2 rings (SSSR count). The van der Waals surface area contributed by atoms with Crippen LogP contribution in [0.25, 0.3) is 0 Å². The largest absolute Gasteiger partial charge is 0.377 e. The van der Waals surface area contributed by atoms with Crippen LogP contribution in [0.3, 0.4) is 0 Å². The van der Waals surface area contributed by atoms with Gasteiger partial charge in [0.15, 0.2) is 5.82 Å². The second-order valence-electron chi connectivity index (χ2n) is 5.17. The normalized spacial score (nSPS) is 20.9. The second-order valence-corrected chi connectivity index (χ2v) is 5.17. The highest BCUT2D eigenvalue weighted by atomic mass is 16.5. The van der Waals surface area contributed by atoms with Gasteiger partial charge in [-0.2, -0.15) is 5.10 Å². The Morgan fingerprint density at radius 2 is 2.26 bits per heavy atom. The van der Waals surface area contributed by atoms with Crippen molar-refractivity contribution in [3.05, 3.63) is 11.6 Å². The van der Waals surface area contributed by atoms with Crippen molar-refractivity contribution in [1.29, 1.82) is 0 Å². The van der Waals surface area contributed by atoms with Crippen LogP contribution in [0.15, 0.2) is 0 Å². The van der Waals surface area contributed by atoms with Crippen LogP contribution in [-0.2, 0) is 24.1 Å². The molecule has 5 nitrogen and oxygen atoms in total. The minimum absolute atomic E-state index is 0.382. The Morgan fingerprint density at radius 1 is 1.42 bits per heavy atom. The Morgan fingerprint density at radius 3 is 2.89 bits per heavy atom. The molecule has 1 aromatic rings. The number of aryl methyl sites for hydroxylation is 2. The summed E-state index contributed by atoms with van der Waals surface area (Å²) in [5.41, 5.74) is 0. The van der Waals surface area contributed by atoms with Gasteiger partial charge in [0.25, 0.3) is 0 Å². The monoisotopic (exact) mass is 266 g/mol. The van der Waals surface area contributed by atoms with Crippen LogP contribution in [-0.4, -0.2) is 40.1 Å². The fourth-order valence-corrected chi connectivity index (χ4v) is 2.54. The molecule has 1 saturated heterocycles. The Kier molecular flexibility index (Phi) is 5.34. The maximum absolute atomic E-state index is 5.69. The van der Waals surface area contributed by atoms with Crippen LogP contribution in [0.1, 0.15) is 45.3 Å². The standard InChI is InChI=1S/C14H26N4O/c1-4-13-16-14(5-2)18(17-13)9-8-15-11(3)12-7-6-10-19-12/h11-12,15H,4-10H2,1-3H3. The Bertz CT molecular complexity index is 385. The highest BCUT2D eigenvalue weighted by molar-refractivity contribution is 4.92. The first-order valence-electron chi connectivity index (χ1n) is 7.52. The molecule has 2 atom stereocenters. The first kappa shape index (κ1) is 14.5. The number of hydrogen-bond acceptors (Lipinski definition) is 4. The molecule has 2 unspecified atom stereocenters. The number of ether oxygens (including phenoxy) is 1. The maximum atomic E-state index is 5.69. The lowest BCUT2D eigenvalue weighted by Gasteiger charge is -2.20. The summed E-state index contributed by atoms with van der Waals surface area (Å²) >= 11 is 0. The summed E-state index contributed by atoms with van der Waals surface area (Å²) in [6, 6.07) is 0.418. The number of nitrogens with zero attached hydrogens (tertiary/aromatic N) is 3. The predicted molar refractivity (Wildman–Crippen MR) is 75.2 cm³/mol. The van der Waals surface area contributed by atoms with Gasteiger partial charge in [0.2, 0.25) is 0 Å². The molecule has 108 valence electrons. The summed E-state index contributed by atoms with van der Waals surface area (Å²) in [6.45, 7) is 9.14. The zero-order valence-corrected chi connectivity index (χ0v) is 12.4. The molecule has 0 aromatic carbocycles. The van der Waals surface area contributed by atoms with E-state index in [9.17, 15) is 0 Å². The van der Waals surface area contributed by atoms with Crippen molar-refractivity contribution in [3.8, 4) is 0 Å². The van der Waals surface area contributed by atoms with Crippen LogP contribution >= 0.6 is 0 Å². The summed E-state index contributed by atoms with van der Waals surface area (Å²) in [6.07, 6.45) is 4.60. The molecule has 5 heteroatoms. The van der Waals surface area contributed by atoms with Gasteiger partial charge in [-0.15, -0.1) is 0 Å². The summed E-state index contributed by atoms with van der Waals surface area (Å²) in [5, 5.41) is 8.07. The third-order valence-corrected chi connectivity index (χ3v) is 3.74. The molecule has 1 N–H and O–H groups in total. The van der Waals surface area contributed by atoms with E-state index in [-0.39, 0.29) is 0 Å². The van der Waals surface area contributed by atoms with Crippen molar-refractivity contribution in [2.24, 2.45) is 0 Å². The molecule has 0 aliphatic carbocycles. The number of aromatic nitrogens is 3. The van der Waals surface area contributed by atoms with Crippen molar-refractivity contribution < 1.29 is 4.74 Å². The SMILES string of the molecule is CCc1nc(CC)n(CCNC(C)C2CCCO2)n1. The van der Waals surface area contributed by atoms with Gasteiger partial charge >= 0.3 is 0 Å². The zero-order chi connectivity index (χ0) is 13.7. The van der Waals surface area contributed by atoms with Crippen molar-refractivity contribution in [2.75, 3.05) is 13.2 Å². The van der Waals surface area contributed by atoms with Crippen LogP contribution in [0.2, 0.25) is 0 Å². The van der Waals surface area contributed by atoms with E-state index in [1.165, 1.54) is 12.8 Å². The van der Waals surface area contributed by atoms with Crippen LogP contribution in [0, 0.1) is 0 Å². The Hall–Kier alpha value is -0.940. The van der Waals surface area contributed by atoms with Gasteiger partial charge in [0, 0.05) is 32.0 Å². The molecule has 2 heterocycles. The molecule has 0 spiro atoms. The van der Waals surface area contributed by atoms with E-state index in [2.05, 4.69) is 36.2 Å². The topological polar surface area (TPSA) is 52.0 Å². The Labute approximate surface area is 115 Å². The van der Waals surface area contributed by atoms with E-state index >= 15 is 0 Å². The molecule has 1 aliphatic heterocycles. The molecular weight excluding hydrogens is 240 g/mol. The van der Waals surface area contributed by atoms with E-state index in [0.717, 1.165) is 44.2 Å². The fraction of sp³-hybridized carbons (Fsp3) is 0.857. The average Bonchev–Trinajstić information content (AvgIpc) is 3.07. The minimum atomic E-state index is 0.382. The Balaban J connectivity index is 1.79. The first-order valence-corrected chi connectivity index (χ1v) is 7.52. The maximum Gasteiger partial charge on any atom is 0.150 e. The molecule has 19 heavy (non-hydrogen) atoms. The fourth-order valence-electron chi connectivity index (χ4n) is 2.54. The minimum Gasteiger partial charge on any atom is -0.377 e. The number of rotatable bonds is 7. The van der Waals surface area contributed by atoms with E-state index in [4.69, 9.17) is 4.74 Å². The molecule has 0 amide bonds. The lowest BCUT2D eigenvalue weighted by molar-refractivity contribution is 0.0834. The summed E-state index contributed by atoms with van der Waals surface area (Å²) in [4.78, 5) is 4.52. The summed E-state index contributed by atoms with van der Waals surface area (Å²) in [5.74, 6) is 2.03. The van der Waals surface area contributed by atoms with Crippen LogP contribution < -0.4 is 5.32 Å². The second kappa shape index (κ2) is 7.01. The molecular formula is C14H26N4O. The summed E-state index contributed by atoms with van der Waals surface area (Å²) < 4.78 is 7.72. The molecule has 0 radical (unpaired) electrons. The first-order chi connectivity index (χ1) is 9.24. The molecule has 0 bridgehead atoms. The molecule has 1 fully saturated rings. The zero-order valence-electron chi connectivity index (χ0n) is 12.4. The third-order valence-electron chi connectivity index (χ3n) is 3.74. The van der Waals surface area contributed by atoms with Gasteiger partial charge in [0.05, 0.1) is 12.6 Å². The number of hydrogen-bond donors (Lipinski definition) is 1. The van der Waals surface area contributed by atoms with Crippen molar-refractivity contribution >= 4 is 0 Å². The van der Waals surface area contributed by atoms with Crippen molar-refractivity contribution in [3.63, 3.8) is 0 Å². The van der Waals surface area contributed by atoms with E-state index in [0.29, 0.717) is 12.1 Å². The molecule has 1 aliphatic rings. The van der Waals surface area contributed by atoms with Gasteiger partial charge in [-0.3, -0.25) is 0 Å². The van der Waals surface area contributed by atoms with Gasteiger partial charge in [-0.05, 0) is 19.8 Å². The van der Waals surface area contributed by atoms with Crippen LogP contribution in [0.4, 0.5) is 0 Å². The lowest BCUT2D eigenvalue weighted by Crippen LogP contribution is -2.38. The van der Waals surface area contributed by atoms with E-state index in [1.807, 2.05) is 4.68 Å². The van der Waals surface area contributed by atoms with Gasteiger partial charge in [0.1, 0.15) is 5.82 Å². The highest BCUT2D eigenvalue weighted by Gasteiger charge is 2.21. The van der Waals surface area contributed by atoms with E-state index in [1.54, 1.807) is 0 Å². The average molecular weight is 266 g/mol. The van der Waals surface area contributed by atoms with Crippen molar-refractivity contribution in [2.45, 2.75) is 65.1 Å². The highest BCUT2D eigenvalue weighted by Crippen LogP contribution is 2.15. The smallest absolute Gasteiger partial charge is 0.150 e. The predicted octanol–water partition coefficient (Wildman–Crippen LogP) is 1.56.